The SMILES string of the molecule is CC(C)(C)[C@H]1CN(C(=O)CNC(=O)NCc2ccco2)CCO1. The van der Waals surface area contributed by atoms with E-state index in [4.69, 9.17) is 9.15 Å². The van der Waals surface area contributed by atoms with E-state index in [9.17, 15) is 9.59 Å². The molecule has 0 saturated carbocycles. The molecule has 0 aliphatic carbocycles. The molecule has 23 heavy (non-hydrogen) atoms. The maximum Gasteiger partial charge on any atom is 0.315 e. The summed E-state index contributed by atoms with van der Waals surface area (Å²) >= 11 is 0. The molecule has 7 nitrogen and oxygen atoms in total. The molecule has 1 aliphatic rings. The van der Waals surface area contributed by atoms with Crippen molar-refractivity contribution in [3.8, 4) is 0 Å². The second-order valence-electron chi connectivity index (χ2n) is 6.68. The Labute approximate surface area is 136 Å². The van der Waals surface area contributed by atoms with Crippen molar-refractivity contribution >= 4 is 11.9 Å². The second kappa shape index (κ2) is 7.50. The largest absolute Gasteiger partial charge is 0.467 e. The summed E-state index contributed by atoms with van der Waals surface area (Å²) < 4.78 is 10.8. The summed E-state index contributed by atoms with van der Waals surface area (Å²) in [5.41, 5.74) is -0.0210. The van der Waals surface area contributed by atoms with E-state index in [1.165, 1.54) is 0 Å². The van der Waals surface area contributed by atoms with Crippen molar-refractivity contribution in [3.05, 3.63) is 24.2 Å². The van der Waals surface area contributed by atoms with Crippen molar-refractivity contribution in [1.29, 1.82) is 0 Å². The number of furan rings is 1. The lowest BCUT2D eigenvalue weighted by Gasteiger charge is -2.39. The highest BCUT2D eigenvalue weighted by molar-refractivity contribution is 5.84. The molecule has 2 rings (SSSR count). The summed E-state index contributed by atoms with van der Waals surface area (Å²) in [7, 11) is 0. The van der Waals surface area contributed by atoms with Gasteiger partial charge in [0.05, 0.1) is 32.1 Å². The Balaban J connectivity index is 1.72. The summed E-state index contributed by atoms with van der Waals surface area (Å²) in [4.78, 5) is 25.6. The maximum absolute atomic E-state index is 12.2. The maximum atomic E-state index is 12.2. The third-order valence-corrected chi connectivity index (χ3v) is 3.79. The van der Waals surface area contributed by atoms with Crippen molar-refractivity contribution in [3.63, 3.8) is 0 Å². The Kier molecular flexibility index (Phi) is 5.65. The van der Waals surface area contributed by atoms with Crippen LogP contribution < -0.4 is 10.6 Å². The van der Waals surface area contributed by atoms with Crippen molar-refractivity contribution in [2.24, 2.45) is 5.41 Å². The average Bonchev–Trinajstić information content (AvgIpc) is 3.03. The molecular weight excluding hydrogens is 298 g/mol. The van der Waals surface area contributed by atoms with Crippen LogP contribution in [0.1, 0.15) is 26.5 Å². The standard InChI is InChI=1S/C16H25N3O4/c1-16(2,3)13-11-19(6-8-23-13)14(20)10-18-15(21)17-9-12-5-4-7-22-12/h4-5,7,13H,6,8-11H2,1-3H3,(H2,17,18,21)/t13-/m1/s1. The van der Waals surface area contributed by atoms with Crippen molar-refractivity contribution < 1.29 is 18.7 Å². The molecule has 0 radical (unpaired) electrons. The van der Waals surface area contributed by atoms with Gasteiger partial charge in [-0.2, -0.15) is 0 Å². The zero-order valence-corrected chi connectivity index (χ0v) is 13.9. The topological polar surface area (TPSA) is 83.8 Å². The van der Waals surface area contributed by atoms with Gasteiger partial charge in [0, 0.05) is 13.1 Å². The van der Waals surface area contributed by atoms with E-state index in [1.54, 1.807) is 23.3 Å². The number of amides is 3. The number of ether oxygens (including phenoxy) is 1. The summed E-state index contributed by atoms with van der Waals surface area (Å²) in [5, 5.41) is 5.21. The van der Waals surface area contributed by atoms with Gasteiger partial charge in [0.15, 0.2) is 0 Å². The Morgan fingerprint density at radius 1 is 1.35 bits per heavy atom. The lowest BCUT2D eigenvalue weighted by molar-refractivity contribution is -0.142. The molecular formula is C16H25N3O4. The lowest BCUT2D eigenvalue weighted by Crippen LogP contribution is -2.52. The van der Waals surface area contributed by atoms with Gasteiger partial charge in [-0.15, -0.1) is 0 Å². The molecule has 128 valence electrons. The van der Waals surface area contributed by atoms with Crippen LogP contribution in [0.5, 0.6) is 0 Å². The van der Waals surface area contributed by atoms with E-state index in [0.717, 1.165) is 0 Å². The Morgan fingerprint density at radius 3 is 2.78 bits per heavy atom. The molecule has 0 bridgehead atoms. The number of rotatable bonds is 4. The molecule has 1 aromatic rings. The number of morpholine rings is 1. The van der Waals surface area contributed by atoms with Gasteiger partial charge < -0.3 is 24.7 Å². The molecule has 0 unspecified atom stereocenters. The van der Waals surface area contributed by atoms with Crippen LogP contribution in [-0.4, -0.2) is 49.2 Å². The number of carbonyl (C=O) groups is 2. The first-order chi connectivity index (χ1) is 10.9. The van der Waals surface area contributed by atoms with Crippen molar-refractivity contribution in [2.45, 2.75) is 33.4 Å². The van der Waals surface area contributed by atoms with Crippen molar-refractivity contribution in [2.75, 3.05) is 26.2 Å². The third-order valence-electron chi connectivity index (χ3n) is 3.79. The van der Waals surface area contributed by atoms with Crippen LogP contribution in [0.15, 0.2) is 22.8 Å². The normalized spacial score (nSPS) is 18.6. The minimum atomic E-state index is -0.393. The molecule has 1 saturated heterocycles. The Morgan fingerprint density at radius 2 is 2.13 bits per heavy atom. The molecule has 2 N–H and O–H groups in total. The fraction of sp³-hybridized carbons (Fsp3) is 0.625. The second-order valence-corrected chi connectivity index (χ2v) is 6.68. The quantitative estimate of drug-likeness (QED) is 0.876. The highest BCUT2D eigenvalue weighted by Crippen LogP contribution is 2.25. The molecule has 1 fully saturated rings. The van der Waals surface area contributed by atoms with Gasteiger partial charge in [-0.05, 0) is 17.5 Å². The average molecular weight is 323 g/mol. The Hall–Kier alpha value is -2.02. The smallest absolute Gasteiger partial charge is 0.315 e. The van der Waals surface area contributed by atoms with Crippen LogP contribution in [0.25, 0.3) is 0 Å². The third kappa shape index (κ3) is 5.28. The summed E-state index contributed by atoms with van der Waals surface area (Å²) in [5.74, 6) is 0.559. The van der Waals surface area contributed by atoms with E-state index < -0.39 is 6.03 Å². The number of nitrogens with zero attached hydrogens (tertiary/aromatic N) is 1. The van der Waals surface area contributed by atoms with Gasteiger partial charge in [-0.25, -0.2) is 4.79 Å². The fourth-order valence-electron chi connectivity index (χ4n) is 2.31. The van der Waals surface area contributed by atoms with Gasteiger partial charge >= 0.3 is 6.03 Å². The summed E-state index contributed by atoms with van der Waals surface area (Å²) in [6, 6.07) is 3.13. The number of carbonyl (C=O) groups excluding carboxylic acids is 2. The fourth-order valence-corrected chi connectivity index (χ4v) is 2.31. The molecule has 1 atom stereocenters. The van der Waals surface area contributed by atoms with E-state index in [0.29, 0.717) is 25.5 Å². The number of hydrogen-bond donors (Lipinski definition) is 2. The van der Waals surface area contributed by atoms with Crippen LogP contribution in [0.2, 0.25) is 0 Å². The van der Waals surface area contributed by atoms with Gasteiger partial charge in [-0.1, -0.05) is 20.8 Å². The van der Waals surface area contributed by atoms with Crippen LogP contribution in [-0.2, 0) is 16.1 Å². The zero-order valence-electron chi connectivity index (χ0n) is 13.9. The molecule has 1 aromatic heterocycles. The number of nitrogens with one attached hydrogen (secondary N) is 2. The number of urea groups is 1. The van der Waals surface area contributed by atoms with E-state index in [-0.39, 0.29) is 30.5 Å². The predicted octanol–water partition coefficient (Wildman–Crippen LogP) is 1.35. The molecule has 1 aliphatic heterocycles. The first kappa shape index (κ1) is 17.3. The van der Waals surface area contributed by atoms with Crippen LogP contribution >= 0.6 is 0 Å². The monoisotopic (exact) mass is 323 g/mol. The predicted molar refractivity (Wildman–Crippen MR) is 84.7 cm³/mol. The molecule has 7 heteroatoms. The van der Waals surface area contributed by atoms with Crippen LogP contribution in [0.4, 0.5) is 4.79 Å². The van der Waals surface area contributed by atoms with E-state index >= 15 is 0 Å². The van der Waals surface area contributed by atoms with E-state index in [1.807, 2.05) is 0 Å². The molecule has 0 aromatic carbocycles. The van der Waals surface area contributed by atoms with E-state index in [2.05, 4.69) is 31.4 Å². The highest BCUT2D eigenvalue weighted by atomic mass is 16.5. The minimum absolute atomic E-state index is 0.00739. The lowest BCUT2D eigenvalue weighted by atomic mass is 9.88. The molecule has 3 amide bonds. The first-order valence-electron chi connectivity index (χ1n) is 7.79. The summed E-state index contributed by atoms with van der Waals surface area (Å²) in [6.07, 6.45) is 1.55. The van der Waals surface area contributed by atoms with Gasteiger partial charge in [0.25, 0.3) is 0 Å². The molecule has 2 heterocycles. The highest BCUT2D eigenvalue weighted by Gasteiger charge is 2.32. The minimum Gasteiger partial charge on any atom is -0.467 e. The van der Waals surface area contributed by atoms with Crippen molar-refractivity contribution in [1.82, 2.24) is 15.5 Å². The first-order valence-corrected chi connectivity index (χ1v) is 7.79. The Bertz CT molecular complexity index is 522. The van der Waals surface area contributed by atoms with Gasteiger partial charge in [-0.3, -0.25) is 4.79 Å². The number of hydrogen-bond acceptors (Lipinski definition) is 4. The summed E-state index contributed by atoms with van der Waals surface area (Å²) in [6.45, 7) is 8.17. The van der Waals surface area contributed by atoms with Gasteiger partial charge in [0.2, 0.25) is 5.91 Å². The van der Waals surface area contributed by atoms with Crippen LogP contribution in [0, 0.1) is 5.41 Å². The van der Waals surface area contributed by atoms with Crippen LogP contribution in [0.3, 0.4) is 0 Å². The zero-order chi connectivity index (χ0) is 16.9. The molecule has 0 spiro atoms. The van der Waals surface area contributed by atoms with Gasteiger partial charge in [0.1, 0.15) is 5.76 Å².